The number of quaternary nitrogens is 2. The molecule has 8 atom stereocenters. The van der Waals surface area contributed by atoms with Gasteiger partial charge in [-0.3, -0.25) is 9.68 Å². The van der Waals surface area contributed by atoms with E-state index in [2.05, 4.69) is 77.9 Å². The average Bonchev–Trinajstić information content (AvgIpc) is 3.05. The molecule has 0 spiro atoms. The van der Waals surface area contributed by atoms with Gasteiger partial charge < -0.3 is 9.47 Å². The van der Waals surface area contributed by atoms with Crippen molar-refractivity contribution in [2.45, 2.75) is 103 Å². The van der Waals surface area contributed by atoms with Gasteiger partial charge in [-0.2, -0.15) is 0 Å². The molecule has 0 bridgehead atoms. The Bertz CT molecular complexity index is 1350. The number of piperidine rings is 2. The SMILES string of the molecule is CCCC1(c2cccc(OC)c2)CC(C)[N+](C)(OC(=O)/C=C\C(=O)O[N+]2(C)CC(C)C(CCC)(c3cccc(OC)c3)CC2C)CC1C. The van der Waals surface area contributed by atoms with Gasteiger partial charge in [0.2, 0.25) is 0 Å². The number of carbonyl (C=O) groups is 2. The molecular formula is C40H60N2O6+2. The first-order valence-electron chi connectivity index (χ1n) is 17.9. The third-order valence-corrected chi connectivity index (χ3v) is 12.0. The highest BCUT2D eigenvalue weighted by molar-refractivity contribution is 5.91. The second-order valence-electron chi connectivity index (χ2n) is 15.1. The van der Waals surface area contributed by atoms with Crippen molar-refractivity contribution in [2.24, 2.45) is 11.8 Å². The predicted octanol–water partition coefficient (Wildman–Crippen LogP) is 7.70. The van der Waals surface area contributed by atoms with Gasteiger partial charge in [-0.25, -0.2) is 9.59 Å². The van der Waals surface area contributed by atoms with E-state index in [4.69, 9.17) is 19.1 Å². The Morgan fingerprint density at radius 3 is 1.42 bits per heavy atom. The van der Waals surface area contributed by atoms with Crippen molar-refractivity contribution in [1.29, 1.82) is 0 Å². The van der Waals surface area contributed by atoms with Gasteiger partial charge in [-0.15, -0.1) is 9.29 Å². The van der Waals surface area contributed by atoms with Gasteiger partial charge in [0, 0.05) is 47.7 Å². The molecule has 0 saturated carbocycles. The number of hydrogen-bond acceptors (Lipinski definition) is 6. The summed E-state index contributed by atoms with van der Waals surface area (Å²) in [6.45, 7) is 14.6. The van der Waals surface area contributed by atoms with Crippen LogP contribution in [0.2, 0.25) is 0 Å². The molecule has 2 fully saturated rings. The summed E-state index contributed by atoms with van der Waals surface area (Å²) in [4.78, 5) is 38.6. The fourth-order valence-corrected chi connectivity index (χ4v) is 9.05. The van der Waals surface area contributed by atoms with E-state index < -0.39 is 11.9 Å². The second-order valence-corrected chi connectivity index (χ2v) is 15.1. The first kappa shape index (κ1) is 37.5. The fourth-order valence-electron chi connectivity index (χ4n) is 9.05. The van der Waals surface area contributed by atoms with Crippen LogP contribution in [0, 0.1) is 11.8 Å². The maximum Gasteiger partial charge on any atom is 0.390 e. The molecule has 2 heterocycles. The molecule has 0 N–H and O–H groups in total. The normalized spacial score (nSPS) is 33.6. The van der Waals surface area contributed by atoms with Gasteiger partial charge in [-0.05, 0) is 62.1 Å². The standard InChI is InChI=1S/C40H60N2O6/c1-11-21-39(33-15-13-17-35(23-33)45-9)25-31(5)41(7,27-29(39)3)47-37(43)19-20-38(44)48-42(8)28-30(4)40(22-12-2,26-32(42)6)34-16-14-18-36(24-34)46-10/h13-20,23-24,29-32H,11-12,21-22,25-28H2,1-10H3/q+2/b20-19-. The number of hydroxylamine groups is 6. The highest BCUT2D eigenvalue weighted by atomic mass is 16.8. The van der Waals surface area contributed by atoms with Crippen molar-refractivity contribution in [3.8, 4) is 11.5 Å². The molecule has 2 saturated heterocycles. The fraction of sp³-hybridized carbons (Fsp3) is 0.600. The number of benzene rings is 2. The Kier molecular flexibility index (Phi) is 11.7. The average molecular weight is 665 g/mol. The van der Waals surface area contributed by atoms with E-state index in [1.807, 2.05) is 26.2 Å². The molecule has 8 unspecified atom stereocenters. The summed E-state index contributed by atoms with van der Waals surface area (Å²) >= 11 is 0. The first-order chi connectivity index (χ1) is 22.7. The third kappa shape index (κ3) is 7.45. The number of likely N-dealkylation sites (tertiary alicyclic amines) is 2. The van der Waals surface area contributed by atoms with Gasteiger partial charge in [0.1, 0.15) is 50.8 Å². The van der Waals surface area contributed by atoms with E-state index >= 15 is 0 Å². The van der Waals surface area contributed by atoms with Crippen LogP contribution in [0.25, 0.3) is 0 Å². The van der Waals surface area contributed by atoms with Crippen LogP contribution in [-0.4, -0.2) is 74.7 Å². The summed E-state index contributed by atoms with van der Waals surface area (Å²) in [7, 11) is 7.35. The monoisotopic (exact) mass is 664 g/mol. The number of methoxy groups -OCH3 is 2. The molecule has 0 amide bonds. The summed E-state index contributed by atoms with van der Waals surface area (Å²) < 4.78 is 11.4. The molecule has 8 heteroatoms. The van der Waals surface area contributed by atoms with E-state index in [-0.39, 0.29) is 44.0 Å². The molecule has 48 heavy (non-hydrogen) atoms. The lowest BCUT2D eigenvalue weighted by atomic mass is 9.62. The zero-order valence-electron chi connectivity index (χ0n) is 31.1. The molecule has 4 rings (SSSR count). The maximum atomic E-state index is 13.2. The van der Waals surface area contributed by atoms with Crippen LogP contribution in [0.3, 0.4) is 0 Å². The number of rotatable bonds is 12. The third-order valence-electron chi connectivity index (χ3n) is 12.0. The van der Waals surface area contributed by atoms with Crippen molar-refractivity contribution in [2.75, 3.05) is 41.4 Å². The van der Waals surface area contributed by atoms with E-state index in [1.54, 1.807) is 14.2 Å². The quantitative estimate of drug-likeness (QED) is 0.171. The molecular weight excluding hydrogens is 604 g/mol. The minimum atomic E-state index is -0.541. The van der Waals surface area contributed by atoms with Gasteiger partial charge in [0.25, 0.3) is 0 Å². The van der Waals surface area contributed by atoms with Gasteiger partial charge in [-0.1, -0.05) is 64.8 Å². The van der Waals surface area contributed by atoms with Crippen molar-refractivity contribution >= 4 is 11.9 Å². The van der Waals surface area contributed by atoms with Crippen molar-refractivity contribution in [3.05, 3.63) is 71.8 Å². The Balaban J connectivity index is 1.43. The molecule has 0 aliphatic carbocycles. The maximum absolute atomic E-state index is 13.2. The van der Waals surface area contributed by atoms with Gasteiger partial charge >= 0.3 is 11.9 Å². The van der Waals surface area contributed by atoms with E-state index in [1.165, 1.54) is 23.3 Å². The second kappa shape index (κ2) is 15.0. The van der Waals surface area contributed by atoms with Crippen LogP contribution in [0.5, 0.6) is 11.5 Å². The lowest BCUT2D eigenvalue weighted by Crippen LogP contribution is -2.63. The van der Waals surface area contributed by atoms with E-state index in [0.29, 0.717) is 13.1 Å². The van der Waals surface area contributed by atoms with Crippen molar-refractivity contribution < 1.29 is 38.0 Å². The topological polar surface area (TPSA) is 71.1 Å². The van der Waals surface area contributed by atoms with Crippen LogP contribution in [0.1, 0.15) is 91.2 Å². The summed E-state index contributed by atoms with van der Waals surface area (Å²) in [5.41, 5.74) is 2.46. The largest absolute Gasteiger partial charge is 0.497 e. The molecule has 264 valence electrons. The van der Waals surface area contributed by atoms with Crippen molar-refractivity contribution in [3.63, 3.8) is 0 Å². The summed E-state index contributed by atoms with van der Waals surface area (Å²) in [5.74, 6) is 1.13. The molecule has 2 aromatic carbocycles. The Labute approximate surface area is 289 Å². The van der Waals surface area contributed by atoms with E-state index in [9.17, 15) is 9.59 Å². The minimum absolute atomic E-state index is 0.0466. The summed E-state index contributed by atoms with van der Waals surface area (Å²) in [6, 6.07) is 16.9. The Morgan fingerprint density at radius 2 is 1.08 bits per heavy atom. The molecule has 2 aliphatic heterocycles. The summed E-state index contributed by atoms with van der Waals surface area (Å²) in [6.07, 6.45) is 8.37. The molecule has 8 nitrogen and oxygen atoms in total. The van der Waals surface area contributed by atoms with Crippen LogP contribution in [0.15, 0.2) is 60.7 Å². The highest BCUT2D eigenvalue weighted by Gasteiger charge is 2.54. The molecule has 2 aliphatic rings. The number of ether oxygens (including phenoxy) is 2. The molecule has 0 radical (unpaired) electrons. The lowest BCUT2D eigenvalue weighted by molar-refractivity contribution is -1.10. The van der Waals surface area contributed by atoms with Gasteiger partial charge in [0.15, 0.2) is 0 Å². The Hall–Kier alpha value is -3.36. The predicted molar refractivity (Wildman–Crippen MR) is 189 cm³/mol. The van der Waals surface area contributed by atoms with Crippen molar-refractivity contribution in [1.82, 2.24) is 0 Å². The van der Waals surface area contributed by atoms with Crippen LogP contribution < -0.4 is 9.47 Å². The Morgan fingerprint density at radius 1 is 0.708 bits per heavy atom. The highest BCUT2D eigenvalue weighted by Crippen LogP contribution is 2.49. The van der Waals surface area contributed by atoms with E-state index in [0.717, 1.165) is 50.0 Å². The smallest absolute Gasteiger partial charge is 0.390 e. The lowest BCUT2D eigenvalue weighted by Gasteiger charge is -2.51. The molecule has 2 aromatic rings. The summed E-state index contributed by atoms with van der Waals surface area (Å²) in [5, 5.41) is 0. The number of nitrogens with zero attached hydrogens (tertiary/aromatic N) is 2. The molecule has 0 aromatic heterocycles. The van der Waals surface area contributed by atoms with Crippen LogP contribution in [-0.2, 0) is 30.1 Å². The minimum Gasteiger partial charge on any atom is -0.497 e. The van der Waals surface area contributed by atoms with Gasteiger partial charge in [0.05, 0.1) is 14.2 Å². The zero-order valence-corrected chi connectivity index (χ0v) is 31.1. The zero-order chi connectivity index (χ0) is 35.3. The first-order valence-corrected chi connectivity index (χ1v) is 17.9. The number of carbonyl (C=O) groups excluding carboxylic acids is 2. The van der Waals surface area contributed by atoms with Crippen LogP contribution in [0.4, 0.5) is 0 Å². The van der Waals surface area contributed by atoms with Crippen LogP contribution >= 0.6 is 0 Å². The number of hydrogen-bond donors (Lipinski definition) is 0.